The fourth-order valence-electron chi connectivity index (χ4n) is 2.14. The first-order valence-corrected chi connectivity index (χ1v) is 7.07. The molecule has 3 rings (SSSR count). The molecule has 1 aliphatic rings. The fourth-order valence-corrected chi connectivity index (χ4v) is 3.00. The van der Waals surface area contributed by atoms with Gasteiger partial charge in [-0.1, -0.05) is 23.5 Å². The van der Waals surface area contributed by atoms with Crippen molar-refractivity contribution in [3.8, 4) is 0 Å². The predicted molar refractivity (Wildman–Crippen MR) is 75.5 cm³/mol. The largest absolute Gasteiger partial charge is 0.375 e. The Labute approximate surface area is 115 Å². The lowest BCUT2D eigenvalue weighted by Gasteiger charge is -2.28. The van der Waals surface area contributed by atoms with Gasteiger partial charge in [-0.15, -0.1) is 0 Å². The van der Waals surface area contributed by atoms with E-state index in [9.17, 15) is 4.79 Å². The van der Waals surface area contributed by atoms with Gasteiger partial charge in [-0.25, -0.2) is 4.98 Å². The second kappa shape index (κ2) is 5.24. The monoisotopic (exact) mass is 277 g/mol. The number of morpholine rings is 1. The maximum atomic E-state index is 12.2. The summed E-state index contributed by atoms with van der Waals surface area (Å²) in [6, 6.07) is 7.51. The molecule has 5 nitrogen and oxygen atoms in total. The Bertz CT molecular complexity index is 565. The van der Waals surface area contributed by atoms with E-state index in [0.717, 1.165) is 10.2 Å². The van der Waals surface area contributed by atoms with E-state index >= 15 is 0 Å². The molecule has 1 aromatic carbocycles. The average Bonchev–Trinajstić information content (AvgIpc) is 2.81. The molecule has 1 aliphatic heterocycles. The second-order valence-corrected chi connectivity index (χ2v) is 5.51. The lowest BCUT2D eigenvalue weighted by Crippen LogP contribution is -2.53. The van der Waals surface area contributed by atoms with E-state index in [-0.39, 0.29) is 18.1 Å². The first-order chi connectivity index (χ1) is 9.24. The van der Waals surface area contributed by atoms with Crippen molar-refractivity contribution in [3.63, 3.8) is 0 Å². The number of nitrogens with zero attached hydrogens (tertiary/aromatic N) is 1. The number of hydrogen-bond donors (Lipinski definition) is 2. The number of rotatable bonds is 2. The Morgan fingerprint density at radius 2 is 2.37 bits per heavy atom. The number of amides is 1. The molecule has 2 N–H and O–H groups in total. The van der Waals surface area contributed by atoms with Crippen molar-refractivity contribution in [2.75, 3.05) is 18.5 Å². The molecule has 19 heavy (non-hydrogen) atoms. The maximum absolute atomic E-state index is 12.2. The van der Waals surface area contributed by atoms with E-state index in [1.54, 1.807) is 0 Å². The highest BCUT2D eigenvalue weighted by molar-refractivity contribution is 7.22. The molecular formula is C13H15N3O2S. The average molecular weight is 277 g/mol. The number of ether oxygens (including phenoxy) is 1. The molecule has 1 fully saturated rings. The molecule has 0 saturated carbocycles. The normalized spacial score (nSPS) is 23.4. The Hall–Kier alpha value is -1.50. The molecule has 0 unspecified atom stereocenters. The molecule has 0 radical (unpaired) electrons. The van der Waals surface area contributed by atoms with Crippen LogP contribution in [0.1, 0.15) is 6.92 Å². The molecule has 1 aromatic heterocycles. The summed E-state index contributed by atoms with van der Waals surface area (Å²) in [5, 5.41) is 6.65. The van der Waals surface area contributed by atoms with Crippen molar-refractivity contribution in [1.29, 1.82) is 0 Å². The van der Waals surface area contributed by atoms with Crippen molar-refractivity contribution in [2.45, 2.75) is 19.1 Å². The molecule has 6 heteroatoms. The summed E-state index contributed by atoms with van der Waals surface area (Å²) < 4.78 is 6.54. The molecule has 2 heterocycles. The van der Waals surface area contributed by atoms with Gasteiger partial charge < -0.3 is 15.4 Å². The van der Waals surface area contributed by atoms with Gasteiger partial charge in [0.2, 0.25) is 5.91 Å². The number of nitrogens with one attached hydrogen (secondary N) is 2. The molecule has 0 aliphatic carbocycles. The van der Waals surface area contributed by atoms with E-state index in [0.29, 0.717) is 18.3 Å². The topological polar surface area (TPSA) is 63.2 Å². The number of anilines is 1. The first-order valence-electron chi connectivity index (χ1n) is 6.25. The summed E-state index contributed by atoms with van der Waals surface area (Å²) in [6.07, 6.45) is -0.122. The minimum Gasteiger partial charge on any atom is -0.375 e. The minimum atomic E-state index is -0.319. The van der Waals surface area contributed by atoms with E-state index in [1.807, 2.05) is 31.2 Å². The third kappa shape index (κ3) is 2.60. The van der Waals surface area contributed by atoms with Crippen LogP contribution < -0.4 is 10.6 Å². The molecule has 0 spiro atoms. The first kappa shape index (κ1) is 12.5. The number of carbonyl (C=O) groups is 1. The van der Waals surface area contributed by atoms with Gasteiger partial charge in [0.05, 0.1) is 22.9 Å². The van der Waals surface area contributed by atoms with Crippen LogP contribution in [-0.2, 0) is 9.53 Å². The lowest BCUT2D eigenvalue weighted by atomic mass is 10.1. The smallest absolute Gasteiger partial charge is 0.245 e. The summed E-state index contributed by atoms with van der Waals surface area (Å²) in [5.41, 5.74) is 0.906. The Morgan fingerprint density at radius 1 is 1.53 bits per heavy atom. The number of carbonyl (C=O) groups excluding carboxylic acids is 1. The summed E-state index contributed by atoms with van der Waals surface area (Å²) in [5.74, 6) is -0.0914. The minimum absolute atomic E-state index is 0.0914. The summed E-state index contributed by atoms with van der Waals surface area (Å²) in [4.78, 5) is 16.6. The molecule has 2 aromatic rings. The second-order valence-electron chi connectivity index (χ2n) is 4.48. The van der Waals surface area contributed by atoms with Gasteiger partial charge >= 0.3 is 0 Å². The summed E-state index contributed by atoms with van der Waals surface area (Å²) in [6.45, 7) is 3.24. The van der Waals surface area contributed by atoms with Crippen LogP contribution in [0.5, 0.6) is 0 Å². The fraction of sp³-hybridized carbons (Fsp3) is 0.385. The van der Waals surface area contributed by atoms with Crippen molar-refractivity contribution in [2.24, 2.45) is 0 Å². The molecule has 1 amide bonds. The van der Waals surface area contributed by atoms with Crippen molar-refractivity contribution in [3.05, 3.63) is 24.3 Å². The van der Waals surface area contributed by atoms with E-state index < -0.39 is 0 Å². The van der Waals surface area contributed by atoms with Crippen LogP contribution in [0, 0.1) is 0 Å². The summed E-state index contributed by atoms with van der Waals surface area (Å²) in [7, 11) is 0. The van der Waals surface area contributed by atoms with Crippen LogP contribution in [0.4, 0.5) is 5.13 Å². The zero-order valence-corrected chi connectivity index (χ0v) is 11.4. The van der Waals surface area contributed by atoms with Crippen LogP contribution in [0.15, 0.2) is 24.3 Å². The molecule has 2 atom stereocenters. The molecular weight excluding hydrogens is 262 g/mol. The van der Waals surface area contributed by atoms with Crippen molar-refractivity contribution >= 4 is 32.6 Å². The highest BCUT2D eigenvalue weighted by Gasteiger charge is 2.28. The lowest BCUT2D eigenvalue weighted by molar-refractivity contribution is -0.123. The van der Waals surface area contributed by atoms with Gasteiger partial charge in [0.25, 0.3) is 0 Å². The highest BCUT2D eigenvalue weighted by atomic mass is 32.1. The number of thiazole rings is 1. The van der Waals surface area contributed by atoms with Gasteiger partial charge in [0, 0.05) is 6.54 Å². The van der Waals surface area contributed by atoms with Gasteiger partial charge in [-0.05, 0) is 19.1 Å². The quantitative estimate of drug-likeness (QED) is 0.875. The Balaban J connectivity index is 1.75. The number of para-hydroxylation sites is 1. The standard InChI is InChI=1S/C13H15N3O2S/c1-8-11(14-6-7-18-8)12(17)16-13-15-9-4-2-3-5-10(9)19-13/h2-5,8,11,14H,6-7H2,1H3,(H,15,16,17)/t8-,11+/m1/s1. The number of hydrogen-bond acceptors (Lipinski definition) is 5. The van der Waals surface area contributed by atoms with Crippen LogP contribution in [-0.4, -0.2) is 36.2 Å². The highest BCUT2D eigenvalue weighted by Crippen LogP contribution is 2.25. The number of benzene rings is 1. The van der Waals surface area contributed by atoms with Crippen molar-refractivity contribution in [1.82, 2.24) is 10.3 Å². The van der Waals surface area contributed by atoms with Gasteiger partial charge in [-0.3, -0.25) is 4.79 Å². The third-order valence-electron chi connectivity index (χ3n) is 3.12. The molecule has 1 saturated heterocycles. The Morgan fingerprint density at radius 3 is 3.16 bits per heavy atom. The SMILES string of the molecule is C[C@H]1OCCN[C@@H]1C(=O)Nc1nc2ccccc2s1. The zero-order valence-electron chi connectivity index (χ0n) is 10.6. The van der Waals surface area contributed by atoms with Crippen LogP contribution in [0.2, 0.25) is 0 Å². The van der Waals surface area contributed by atoms with Crippen molar-refractivity contribution < 1.29 is 9.53 Å². The van der Waals surface area contributed by atoms with Crippen LogP contribution in [0.25, 0.3) is 10.2 Å². The van der Waals surface area contributed by atoms with Gasteiger partial charge in [-0.2, -0.15) is 0 Å². The van der Waals surface area contributed by atoms with E-state index in [4.69, 9.17) is 4.74 Å². The van der Waals surface area contributed by atoms with Gasteiger partial charge in [0.15, 0.2) is 5.13 Å². The van der Waals surface area contributed by atoms with E-state index in [2.05, 4.69) is 15.6 Å². The predicted octanol–water partition coefficient (Wildman–Crippen LogP) is 1.61. The van der Waals surface area contributed by atoms with Crippen LogP contribution >= 0.6 is 11.3 Å². The number of fused-ring (bicyclic) bond motifs is 1. The van der Waals surface area contributed by atoms with Gasteiger partial charge in [0.1, 0.15) is 6.04 Å². The maximum Gasteiger partial charge on any atom is 0.245 e. The molecule has 100 valence electrons. The summed E-state index contributed by atoms with van der Waals surface area (Å²) >= 11 is 1.48. The number of aromatic nitrogens is 1. The molecule has 0 bridgehead atoms. The third-order valence-corrected chi connectivity index (χ3v) is 4.07. The van der Waals surface area contributed by atoms with E-state index in [1.165, 1.54) is 11.3 Å². The Kier molecular flexibility index (Phi) is 3.46. The zero-order chi connectivity index (χ0) is 13.2. The van der Waals surface area contributed by atoms with Crippen LogP contribution in [0.3, 0.4) is 0 Å².